The first kappa shape index (κ1) is 12.9. The lowest BCUT2D eigenvalue weighted by atomic mass is 10.2. The molecule has 0 atom stereocenters. The van der Waals surface area contributed by atoms with Gasteiger partial charge in [0.15, 0.2) is 0 Å². The third-order valence-electron chi connectivity index (χ3n) is 4.17. The second-order valence-electron chi connectivity index (χ2n) is 5.81. The van der Waals surface area contributed by atoms with Crippen molar-refractivity contribution >= 4 is 5.69 Å². The maximum Gasteiger partial charge on any atom is 0.0564 e. The summed E-state index contributed by atoms with van der Waals surface area (Å²) in [6, 6.07) is 4.16. The lowest BCUT2D eigenvalue weighted by Crippen LogP contribution is -2.46. The summed E-state index contributed by atoms with van der Waals surface area (Å²) >= 11 is 0. The van der Waals surface area contributed by atoms with Crippen molar-refractivity contribution in [3.63, 3.8) is 0 Å². The molecule has 1 saturated heterocycles. The highest BCUT2D eigenvalue weighted by Crippen LogP contribution is 2.29. The zero-order valence-corrected chi connectivity index (χ0v) is 11.8. The molecule has 0 radical (unpaired) electrons. The predicted molar refractivity (Wildman–Crippen MR) is 78.2 cm³/mol. The van der Waals surface area contributed by atoms with Crippen LogP contribution in [0.25, 0.3) is 0 Å². The van der Waals surface area contributed by atoms with E-state index in [0.717, 1.165) is 18.2 Å². The average Bonchev–Trinajstić information content (AvgIpc) is 3.25. The Morgan fingerprint density at radius 1 is 1.21 bits per heavy atom. The van der Waals surface area contributed by atoms with Gasteiger partial charge < -0.3 is 10.2 Å². The number of nitrogens with one attached hydrogen (secondary N) is 1. The Morgan fingerprint density at radius 2 is 1.95 bits per heavy atom. The fraction of sp³-hybridized carbons (Fsp3) is 0.667. The second-order valence-corrected chi connectivity index (χ2v) is 5.81. The summed E-state index contributed by atoms with van der Waals surface area (Å²) in [7, 11) is 1.95. The minimum absolute atomic E-state index is 0.979. The van der Waals surface area contributed by atoms with E-state index in [-0.39, 0.29) is 0 Å². The predicted octanol–water partition coefficient (Wildman–Crippen LogP) is 1.65. The van der Waals surface area contributed by atoms with Gasteiger partial charge in [0.05, 0.1) is 5.69 Å². The number of rotatable bonds is 5. The summed E-state index contributed by atoms with van der Waals surface area (Å²) in [4.78, 5) is 9.61. The van der Waals surface area contributed by atoms with Crippen LogP contribution in [-0.4, -0.2) is 54.6 Å². The molecule has 1 aliphatic carbocycles. The van der Waals surface area contributed by atoms with E-state index in [0.29, 0.717) is 0 Å². The summed E-state index contributed by atoms with van der Waals surface area (Å²) in [5.74, 6) is 1.01. The van der Waals surface area contributed by atoms with Crippen LogP contribution in [0, 0.1) is 5.92 Å². The van der Waals surface area contributed by atoms with E-state index in [1.54, 1.807) is 0 Å². The first-order valence-electron chi connectivity index (χ1n) is 7.41. The number of hydrogen-bond acceptors (Lipinski definition) is 4. The molecular formula is C15H24N4. The molecule has 0 amide bonds. The van der Waals surface area contributed by atoms with E-state index in [1.807, 2.05) is 19.3 Å². The van der Waals surface area contributed by atoms with Crippen LogP contribution < -0.4 is 5.32 Å². The normalized spacial score (nSPS) is 21.5. The van der Waals surface area contributed by atoms with Gasteiger partial charge in [-0.15, -0.1) is 0 Å². The Labute approximate surface area is 115 Å². The topological polar surface area (TPSA) is 31.4 Å². The van der Waals surface area contributed by atoms with E-state index in [4.69, 9.17) is 0 Å². The van der Waals surface area contributed by atoms with Gasteiger partial charge in [-0.05, 0) is 30.9 Å². The van der Waals surface area contributed by atoms with Crippen molar-refractivity contribution in [1.82, 2.24) is 14.8 Å². The quantitative estimate of drug-likeness (QED) is 0.872. The molecular weight excluding hydrogens is 236 g/mol. The van der Waals surface area contributed by atoms with E-state index < -0.39 is 0 Å². The highest BCUT2D eigenvalue weighted by atomic mass is 15.3. The van der Waals surface area contributed by atoms with Gasteiger partial charge in [0.2, 0.25) is 0 Å². The monoisotopic (exact) mass is 260 g/mol. The molecule has 4 heteroatoms. The molecule has 3 rings (SSSR count). The Kier molecular flexibility index (Phi) is 3.99. The van der Waals surface area contributed by atoms with Crippen LogP contribution in [0.15, 0.2) is 18.3 Å². The largest absolute Gasteiger partial charge is 0.388 e. The van der Waals surface area contributed by atoms with Gasteiger partial charge in [0, 0.05) is 58.2 Å². The number of pyridine rings is 1. The molecule has 2 aliphatic rings. The van der Waals surface area contributed by atoms with Gasteiger partial charge in [0.25, 0.3) is 0 Å². The highest BCUT2D eigenvalue weighted by Gasteiger charge is 2.26. The molecule has 2 fully saturated rings. The van der Waals surface area contributed by atoms with Crippen molar-refractivity contribution in [3.8, 4) is 0 Å². The molecule has 1 N–H and O–H groups in total. The summed E-state index contributed by atoms with van der Waals surface area (Å²) in [6.07, 6.45) is 4.81. The standard InChI is InChI=1S/C15H24N4/c1-16-14-4-5-17-15(10-14)12-19-8-6-18(7-9-19)11-13-2-3-13/h4-5,10,13H,2-3,6-9,11-12H2,1H3,(H,16,17). The number of aromatic nitrogens is 1. The Balaban J connectivity index is 1.48. The van der Waals surface area contributed by atoms with E-state index >= 15 is 0 Å². The fourth-order valence-corrected chi connectivity index (χ4v) is 2.74. The van der Waals surface area contributed by atoms with Gasteiger partial charge in [-0.2, -0.15) is 0 Å². The van der Waals surface area contributed by atoms with Crippen LogP contribution in [-0.2, 0) is 6.54 Å². The summed E-state index contributed by atoms with van der Waals surface area (Å²) in [5, 5.41) is 3.17. The van der Waals surface area contributed by atoms with E-state index in [1.165, 1.54) is 51.3 Å². The molecule has 104 valence electrons. The molecule has 19 heavy (non-hydrogen) atoms. The third kappa shape index (κ3) is 3.67. The Bertz CT molecular complexity index is 408. The zero-order valence-electron chi connectivity index (χ0n) is 11.8. The molecule has 0 unspecified atom stereocenters. The van der Waals surface area contributed by atoms with Crippen LogP contribution in [0.3, 0.4) is 0 Å². The lowest BCUT2D eigenvalue weighted by molar-refractivity contribution is 0.122. The number of nitrogens with zero attached hydrogens (tertiary/aromatic N) is 3. The van der Waals surface area contributed by atoms with Crippen molar-refractivity contribution in [2.45, 2.75) is 19.4 Å². The maximum absolute atomic E-state index is 4.46. The van der Waals surface area contributed by atoms with Crippen molar-refractivity contribution in [2.24, 2.45) is 5.92 Å². The lowest BCUT2D eigenvalue weighted by Gasteiger charge is -2.34. The number of piperazine rings is 1. The average molecular weight is 260 g/mol. The second kappa shape index (κ2) is 5.88. The van der Waals surface area contributed by atoms with Gasteiger partial charge in [-0.3, -0.25) is 9.88 Å². The summed E-state index contributed by atoms with van der Waals surface area (Å²) < 4.78 is 0. The zero-order chi connectivity index (χ0) is 13.1. The van der Waals surface area contributed by atoms with Gasteiger partial charge in [0.1, 0.15) is 0 Å². The third-order valence-corrected chi connectivity index (χ3v) is 4.17. The number of hydrogen-bond donors (Lipinski definition) is 1. The number of anilines is 1. The Morgan fingerprint density at radius 3 is 2.63 bits per heavy atom. The molecule has 2 heterocycles. The minimum atomic E-state index is 0.979. The fourth-order valence-electron chi connectivity index (χ4n) is 2.74. The molecule has 1 aromatic rings. The molecule has 1 aliphatic heterocycles. The van der Waals surface area contributed by atoms with E-state index in [9.17, 15) is 0 Å². The first-order valence-corrected chi connectivity index (χ1v) is 7.41. The van der Waals surface area contributed by atoms with Crippen LogP contribution in [0.5, 0.6) is 0 Å². The van der Waals surface area contributed by atoms with Gasteiger partial charge in [-0.25, -0.2) is 0 Å². The minimum Gasteiger partial charge on any atom is -0.388 e. The van der Waals surface area contributed by atoms with Crippen LogP contribution in [0.1, 0.15) is 18.5 Å². The molecule has 0 spiro atoms. The van der Waals surface area contributed by atoms with Gasteiger partial charge in [-0.1, -0.05) is 0 Å². The molecule has 0 bridgehead atoms. The van der Waals surface area contributed by atoms with Crippen molar-refractivity contribution in [1.29, 1.82) is 0 Å². The maximum atomic E-state index is 4.46. The van der Waals surface area contributed by atoms with Crippen molar-refractivity contribution in [2.75, 3.05) is 45.1 Å². The van der Waals surface area contributed by atoms with Gasteiger partial charge >= 0.3 is 0 Å². The highest BCUT2D eigenvalue weighted by molar-refractivity contribution is 5.42. The molecule has 0 aromatic carbocycles. The first-order chi connectivity index (χ1) is 9.33. The van der Waals surface area contributed by atoms with Crippen molar-refractivity contribution < 1.29 is 0 Å². The van der Waals surface area contributed by atoms with E-state index in [2.05, 4.69) is 26.2 Å². The molecule has 1 saturated carbocycles. The smallest absolute Gasteiger partial charge is 0.0564 e. The summed E-state index contributed by atoms with van der Waals surface area (Å²) in [6.45, 7) is 7.12. The van der Waals surface area contributed by atoms with Crippen LogP contribution in [0.2, 0.25) is 0 Å². The van der Waals surface area contributed by atoms with Crippen molar-refractivity contribution in [3.05, 3.63) is 24.0 Å². The summed E-state index contributed by atoms with van der Waals surface area (Å²) in [5.41, 5.74) is 2.32. The SMILES string of the molecule is CNc1ccnc(CN2CCN(CC3CC3)CC2)c1. The molecule has 4 nitrogen and oxygen atoms in total. The molecule has 1 aromatic heterocycles. The van der Waals surface area contributed by atoms with Crippen LogP contribution in [0.4, 0.5) is 5.69 Å². The Hall–Kier alpha value is -1.13. The van der Waals surface area contributed by atoms with Crippen LogP contribution >= 0.6 is 0 Å².